The highest BCUT2D eigenvalue weighted by atomic mass is 16.3. The van der Waals surface area contributed by atoms with E-state index in [0.29, 0.717) is 0 Å². The van der Waals surface area contributed by atoms with Crippen LogP contribution in [0.1, 0.15) is 0 Å². The minimum Gasteiger partial charge on any atom is -0.456 e. The molecule has 0 atom stereocenters. The van der Waals surface area contributed by atoms with Crippen LogP contribution in [0.3, 0.4) is 0 Å². The molecule has 0 saturated carbocycles. The zero-order chi connectivity index (χ0) is 41.0. The van der Waals surface area contributed by atoms with Crippen LogP contribution in [-0.2, 0) is 0 Å². The molecular weight excluding hydrogens is 751 g/mol. The molecule has 290 valence electrons. The molecular formula is C60H39NO. The monoisotopic (exact) mass is 789 g/mol. The van der Waals surface area contributed by atoms with Gasteiger partial charge in [-0.05, 0) is 131 Å². The molecule has 11 aromatic carbocycles. The third kappa shape index (κ3) is 6.20. The summed E-state index contributed by atoms with van der Waals surface area (Å²) in [6, 6.07) is 85.5. The van der Waals surface area contributed by atoms with E-state index in [0.717, 1.165) is 50.1 Å². The van der Waals surface area contributed by atoms with Crippen molar-refractivity contribution in [3.05, 3.63) is 237 Å². The average Bonchev–Trinajstić information content (AvgIpc) is 3.74. The van der Waals surface area contributed by atoms with E-state index in [9.17, 15) is 0 Å². The number of hydrogen-bond acceptors (Lipinski definition) is 2. The van der Waals surface area contributed by atoms with E-state index in [4.69, 9.17) is 4.42 Å². The van der Waals surface area contributed by atoms with Crippen molar-refractivity contribution >= 4 is 71.3 Å². The summed E-state index contributed by atoms with van der Waals surface area (Å²) >= 11 is 0. The van der Waals surface area contributed by atoms with Crippen molar-refractivity contribution in [2.75, 3.05) is 4.90 Å². The van der Waals surface area contributed by atoms with Crippen LogP contribution >= 0.6 is 0 Å². The third-order valence-corrected chi connectivity index (χ3v) is 12.5. The molecule has 1 aromatic heterocycles. The van der Waals surface area contributed by atoms with Gasteiger partial charge in [-0.25, -0.2) is 0 Å². The van der Waals surface area contributed by atoms with Gasteiger partial charge in [0.15, 0.2) is 0 Å². The normalized spacial score (nSPS) is 11.5. The summed E-state index contributed by atoms with van der Waals surface area (Å²) in [6.07, 6.45) is 0. The van der Waals surface area contributed by atoms with Crippen molar-refractivity contribution in [3.8, 4) is 44.5 Å². The van der Waals surface area contributed by atoms with Gasteiger partial charge in [0.2, 0.25) is 0 Å². The topological polar surface area (TPSA) is 16.4 Å². The molecule has 12 aromatic rings. The minimum absolute atomic E-state index is 0.901. The molecule has 0 spiro atoms. The van der Waals surface area contributed by atoms with Crippen LogP contribution in [0.2, 0.25) is 0 Å². The van der Waals surface area contributed by atoms with Crippen LogP contribution in [0.25, 0.3) is 98.8 Å². The Hall–Kier alpha value is -8.20. The average molecular weight is 790 g/mol. The summed E-state index contributed by atoms with van der Waals surface area (Å²) < 4.78 is 6.24. The van der Waals surface area contributed by atoms with E-state index < -0.39 is 0 Å². The van der Waals surface area contributed by atoms with Crippen molar-refractivity contribution < 1.29 is 4.42 Å². The predicted molar refractivity (Wildman–Crippen MR) is 263 cm³/mol. The number of furan rings is 1. The maximum Gasteiger partial charge on any atom is 0.136 e. The second-order valence-electron chi connectivity index (χ2n) is 16.1. The van der Waals surface area contributed by atoms with Gasteiger partial charge in [0, 0.05) is 27.8 Å². The molecule has 12 rings (SSSR count). The van der Waals surface area contributed by atoms with Crippen LogP contribution in [0.4, 0.5) is 17.1 Å². The van der Waals surface area contributed by atoms with Gasteiger partial charge in [-0.1, -0.05) is 182 Å². The van der Waals surface area contributed by atoms with E-state index in [1.165, 1.54) is 65.7 Å². The highest BCUT2D eigenvalue weighted by Crippen LogP contribution is 2.41. The molecule has 0 unspecified atom stereocenters. The number of para-hydroxylation sites is 1. The van der Waals surface area contributed by atoms with Crippen LogP contribution in [0.5, 0.6) is 0 Å². The van der Waals surface area contributed by atoms with E-state index >= 15 is 0 Å². The number of nitrogens with zero attached hydrogens (tertiary/aromatic N) is 1. The molecule has 0 aliphatic heterocycles. The van der Waals surface area contributed by atoms with Gasteiger partial charge in [0.05, 0.1) is 0 Å². The van der Waals surface area contributed by atoms with E-state index in [1.54, 1.807) is 0 Å². The Balaban J connectivity index is 0.895. The maximum absolute atomic E-state index is 6.24. The van der Waals surface area contributed by atoms with E-state index in [-0.39, 0.29) is 0 Å². The SMILES string of the molecule is c1ccc2cc(-c3ccc(N(c4ccc(-c5ccc(-c6cccc7c6ccc6ccccc67)cc5)cc4)c4ccc(-c5cccc6oc7ccccc7c56)cc4)cc3)ccc2c1. The Bertz CT molecular complexity index is 3600. The first-order chi connectivity index (χ1) is 30.7. The number of hydrogen-bond donors (Lipinski definition) is 0. The van der Waals surface area contributed by atoms with Gasteiger partial charge in [-0.2, -0.15) is 0 Å². The number of fused-ring (bicyclic) bond motifs is 7. The third-order valence-electron chi connectivity index (χ3n) is 12.5. The van der Waals surface area contributed by atoms with Crippen LogP contribution in [0.15, 0.2) is 241 Å². The Kier molecular flexibility index (Phi) is 8.53. The van der Waals surface area contributed by atoms with E-state index in [1.807, 2.05) is 12.1 Å². The minimum atomic E-state index is 0.901. The van der Waals surface area contributed by atoms with Gasteiger partial charge in [0.25, 0.3) is 0 Å². The van der Waals surface area contributed by atoms with Gasteiger partial charge >= 0.3 is 0 Å². The Labute approximate surface area is 360 Å². The standard InChI is InChI=1S/C60H39NO/c1-2-11-47-39-48(24-21-40(47)9-1)43-27-34-50(35-28-43)61(51-36-29-46(30-37-51)54-15-8-18-59-60(54)57-13-5-6-17-58(57)62-59)49-32-25-42(26-33-49)41-19-22-45(23-20-41)53-14-7-16-55-52-12-4-3-10-44(52)31-38-56(53)55/h1-39H. The van der Waals surface area contributed by atoms with Crippen LogP contribution in [-0.4, -0.2) is 0 Å². The number of benzene rings is 11. The lowest BCUT2D eigenvalue weighted by atomic mass is 9.93. The Morgan fingerprint density at radius 2 is 0.726 bits per heavy atom. The van der Waals surface area contributed by atoms with Gasteiger partial charge in [-0.3, -0.25) is 0 Å². The Morgan fingerprint density at radius 1 is 0.258 bits per heavy atom. The summed E-state index contributed by atoms with van der Waals surface area (Å²) in [6.45, 7) is 0. The quantitative estimate of drug-likeness (QED) is 0.150. The second kappa shape index (κ2) is 14.8. The summed E-state index contributed by atoms with van der Waals surface area (Å²) in [5.74, 6) is 0. The fraction of sp³-hybridized carbons (Fsp3) is 0. The summed E-state index contributed by atoms with van der Waals surface area (Å²) in [5.41, 5.74) is 14.6. The first-order valence-electron chi connectivity index (χ1n) is 21.2. The lowest BCUT2D eigenvalue weighted by molar-refractivity contribution is 0.669. The predicted octanol–water partition coefficient (Wildman–Crippen LogP) is 17.2. The van der Waals surface area contributed by atoms with Crippen molar-refractivity contribution in [2.24, 2.45) is 0 Å². The fourth-order valence-electron chi connectivity index (χ4n) is 9.36. The molecule has 2 nitrogen and oxygen atoms in total. The zero-order valence-corrected chi connectivity index (χ0v) is 33.9. The molecule has 0 aliphatic rings. The van der Waals surface area contributed by atoms with Gasteiger partial charge in [-0.15, -0.1) is 0 Å². The molecule has 0 fully saturated rings. The van der Waals surface area contributed by atoms with Gasteiger partial charge in [0.1, 0.15) is 11.2 Å². The molecule has 62 heavy (non-hydrogen) atoms. The number of anilines is 3. The first-order valence-corrected chi connectivity index (χ1v) is 21.2. The summed E-state index contributed by atoms with van der Waals surface area (Å²) in [4.78, 5) is 2.35. The maximum atomic E-state index is 6.24. The largest absolute Gasteiger partial charge is 0.456 e. The molecule has 0 amide bonds. The molecule has 0 aliphatic carbocycles. The van der Waals surface area contributed by atoms with E-state index in [2.05, 4.69) is 229 Å². The molecule has 0 bridgehead atoms. The summed E-state index contributed by atoms with van der Waals surface area (Å²) in [5, 5.41) is 9.88. The van der Waals surface area contributed by atoms with Crippen molar-refractivity contribution in [1.82, 2.24) is 0 Å². The highest BCUT2D eigenvalue weighted by Gasteiger charge is 2.17. The molecule has 0 radical (unpaired) electrons. The fourth-order valence-corrected chi connectivity index (χ4v) is 9.36. The zero-order valence-electron chi connectivity index (χ0n) is 33.9. The lowest BCUT2D eigenvalue weighted by Crippen LogP contribution is -2.09. The summed E-state index contributed by atoms with van der Waals surface area (Å²) in [7, 11) is 0. The van der Waals surface area contributed by atoms with Gasteiger partial charge < -0.3 is 9.32 Å². The molecule has 0 saturated heterocycles. The van der Waals surface area contributed by atoms with Crippen LogP contribution < -0.4 is 4.90 Å². The van der Waals surface area contributed by atoms with Crippen molar-refractivity contribution in [3.63, 3.8) is 0 Å². The first kappa shape index (κ1) is 35.7. The van der Waals surface area contributed by atoms with Crippen molar-refractivity contribution in [2.45, 2.75) is 0 Å². The lowest BCUT2D eigenvalue weighted by Gasteiger charge is -2.26. The molecule has 1 heterocycles. The molecule has 2 heteroatoms. The van der Waals surface area contributed by atoms with Crippen LogP contribution in [0, 0.1) is 0 Å². The molecule has 0 N–H and O–H groups in total. The Morgan fingerprint density at radius 3 is 1.45 bits per heavy atom. The highest BCUT2D eigenvalue weighted by molar-refractivity contribution is 6.13. The van der Waals surface area contributed by atoms with Crippen molar-refractivity contribution in [1.29, 1.82) is 0 Å². The smallest absolute Gasteiger partial charge is 0.136 e. The second-order valence-corrected chi connectivity index (χ2v) is 16.1. The number of rotatable bonds is 7.